The fraction of sp³-hybridized carbons (Fsp3) is 0.562. The first kappa shape index (κ1) is 17.5. The van der Waals surface area contributed by atoms with Gasteiger partial charge < -0.3 is 5.43 Å². The predicted octanol–water partition coefficient (Wildman–Crippen LogP) is 3.31. The van der Waals surface area contributed by atoms with Crippen LogP contribution < -0.4 is 5.43 Å². The summed E-state index contributed by atoms with van der Waals surface area (Å²) in [7, 11) is -2.90. The molecule has 122 valence electrons. The largest absolute Gasteiger partial charge is 0.303 e. The van der Waals surface area contributed by atoms with Crippen molar-refractivity contribution in [1.29, 1.82) is 0 Å². The molecule has 0 saturated carbocycles. The smallest absolute Gasteiger partial charge is 0.152 e. The topological polar surface area (TPSA) is 58.5 Å². The van der Waals surface area contributed by atoms with Gasteiger partial charge in [-0.05, 0) is 50.3 Å². The van der Waals surface area contributed by atoms with Gasteiger partial charge in [0.1, 0.15) is 0 Å². The number of nitrogens with zero attached hydrogens (tertiary/aromatic N) is 1. The number of hydrazone groups is 1. The molecule has 1 saturated heterocycles. The molecule has 6 heteroatoms. The molecule has 1 aliphatic heterocycles. The molecule has 1 unspecified atom stereocenters. The molecule has 1 fully saturated rings. The van der Waals surface area contributed by atoms with E-state index in [0.717, 1.165) is 29.4 Å². The zero-order valence-electron chi connectivity index (χ0n) is 13.1. The molecule has 1 aromatic carbocycles. The van der Waals surface area contributed by atoms with Crippen LogP contribution in [0.15, 0.2) is 33.8 Å². The molecule has 4 nitrogen and oxygen atoms in total. The number of hydrogen-bond donors (Lipinski definition) is 1. The lowest BCUT2D eigenvalue weighted by Gasteiger charge is -2.22. The Balaban J connectivity index is 1.92. The van der Waals surface area contributed by atoms with Crippen molar-refractivity contribution in [2.45, 2.75) is 45.1 Å². The van der Waals surface area contributed by atoms with Crippen LogP contribution in [0, 0.1) is 0 Å². The van der Waals surface area contributed by atoms with Gasteiger partial charge in [0.25, 0.3) is 0 Å². The number of halogens is 1. The maximum atomic E-state index is 11.6. The second-order valence-corrected chi connectivity index (χ2v) is 9.27. The van der Waals surface area contributed by atoms with Gasteiger partial charge in [-0.1, -0.05) is 35.0 Å². The number of nitrogens with one attached hydrogen (secondary N) is 1. The van der Waals surface area contributed by atoms with E-state index in [9.17, 15) is 8.42 Å². The third-order valence-electron chi connectivity index (χ3n) is 4.01. The predicted molar refractivity (Wildman–Crippen MR) is 95.0 cm³/mol. The summed E-state index contributed by atoms with van der Waals surface area (Å²) in [6.07, 6.45) is 3.32. The maximum absolute atomic E-state index is 11.6. The van der Waals surface area contributed by atoms with Crippen molar-refractivity contribution < 1.29 is 8.42 Å². The Morgan fingerprint density at radius 2 is 2.05 bits per heavy atom. The van der Waals surface area contributed by atoms with Crippen molar-refractivity contribution in [3.05, 3.63) is 34.3 Å². The molecule has 22 heavy (non-hydrogen) atoms. The third kappa shape index (κ3) is 5.09. The second-order valence-electron chi connectivity index (χ2n) is 6.17. The van der Waals surface area contributed by atoms with Gasteiger partial charge in [-0.2, -0.15) is 5.10 Å². The Morgan fingerprint density at radius 3 is 2.59 bits per heavy atom. The van der Waals surface area contributed by atoms with Crippen molar-refractivity contribution in [2.75, 3.05) is 11.5 Å². The molecule has 1 heterocycles. The van der Waals surface area contributed by atoms with Gasteiger partial charge in [0, 0.05) is 10.2 Å². The third-order valence-corrected chi connectivity index (χ3v) is 6.44. The molecule has 0 aromatic heterocycles. The van der Waals surface area contributed by atoms with E-state index >= 15 is 0 Å². The molecular weight excluding hydrogens is 364 g/mol. The number of rotatable bonds is 6. The number of sulfone groups is 1. The lowest BCUT2D eigenvalue weighted by molar-refractivity contribution is 0.409. The number of benzene rings is 1. The number of hydrogen-bond acceptors (Lipinski definition) is 4. The second kappa shape index (κ2) is 7.13. The molecule has 1 aliphatic rings. The standard InChI is InChI=1S/C16H23BrN2O2S/c1-3-15(9-6-13-4-7-14(17)8-5-13)18-19-16(2)10-11-22(20,21)12-16/h4-5,7-8,19H,3,6,9-12H2,1-2H3/b18-15+. The van der Waals surface area contributed by atoms with Gasteiger partial charge in [-0.3, -0.25) is 0 Å². The van der Waals surface area contributed by atoms with Crippen LogP contribution in [0.5, 0.6) is 0 Å². The monoisotopic (exact) mass is 386 g/mol. The summed E-state index contributed by atoms with van der Waals surface area (Å²) in [6, 6.07) is 8.30. The highest BCUT2D eigenvalue weighted by Crippen LogP contribution is 2.23. The van der Waals surface area contributed by atoms with Crippen molar-refractivity contribution in [2.24, 2.45) is 5.10 Å². The van der Waals surface area contributed by atoms with Crippen LogP contribution in [0.4, 0.5) is 0 Å². The normalized spacial score (nSPS) is 24.4. The lowest BCUT2D eigenvalue weighted by Crippen LogP contribution is -2.40. The summed E-state index contributed by atoms with van der Waals surface area (Å²) in [5, 5.41) is 4.49. The highest BCUT2D eigenvalue weighted by molar-refractivity contribution is 9.10. The van der Waals surface area contributed by atoms with E-state index in [1.165, 1.54) is 5.56 Å². The fourth-order valence-electron chi connectivity index (χ4n) is 2.56. The molecule has 1 N–H and O–H groups in total. The highest BCUT2D eigenvalue weighted by Gasteiger charge is 2.38. The van der Waals surface area contributed by atoms with Gasteiger partial charge in [-0.15, -0.1) is 0 Å². The molecule has 1 aromatic rings. The molecule has 0 radical (unpaired) electrons. The van der Waals surface area contributed by atoms with Crippen molar-refractivity contribution in [3.8, 4) is 0 Å². The molecular formula is C16H23BrN2O2S. The van der Waals surface area contributed by atoms with Gasteiger partial charge in [-0.25, -0.2) is 8.42 Å². The van der Waals surface area contributed by atoms with Gasteiger partial charge in [0.05, 0.1) is 17.0 Å². The summed E-state index contributed by atoms with van der Waals surface area (Å²) in [5.74, 6) is 0.430. The first-order valence-electron chi connectivity index (χ1n) is 7.59. The Labute approximate surface area is 141 Å². The van der Waals surface area contributed by atoms with Crippen LogP contribution in [0.25, 0.3) is 0 Å². The Hall–Kier alpha value is -0.880. The molecule has 1 atom stereocenters. The number of aryl methyl sites for hydroxylation is 1. The molecule has 2 rings (SSSR count). The minimum atomic E-state index is -2.90. The summed E-state index contributed by atoms with van der Waals surface area (Å²) in [6.45, 7) is 4.01. The molecule has 0 spiro atoms. The van der Waals surface area contributed by atoms with E-state index in [4.69, 9.17) is 0 Å². The summed E-state index contributed by atoms with van der Waals surface area (Å²) in [5.41, 5.74) is 5.05. The average Bonchev–Trinajstić information content (AvgIpc) is 2.75. The summed E-state index contributed by atoms with van der Waals surface area (Å²) < 4.78 is 24.3. The van der Waals surface area contributed by atoms with Gasteiger partial charge >= 0.3 is 0 Å². The Bertz CT molecular complexity index is 641. The van der Waals surface area contributed by atoms with E-state index < -0.39 is 15.4 Å². The van der Waals surface area contributed by atoms with E-state index in [0.29, 0.717) is 6.42 Å². The van der Waals surface area contributed by atoms with Gasteiger partial charge in [0.2, 0.25) is 0 Å². The van der Waals surface area contributed by atoms with Crippen molar-refractivity contribution >= 4 is 31.5 Å². The van der Waals surface area contributed by atoms with Crippen molar-refractivity contribution in [3.63, 3.8) is 0 Å². The lowest BCUT2D eigenvalue weighted by atomic mass is 10.0. The van der Waals surface area contributed by atoms with Crippen LogP contribution in [-0.4, -0.2) is 31.2 Å². The van der Waals surface area contributed by atoms with E-state index in [2.05, 4.69) is 45.5 Å². The molecule has 0 amide bonds. The van der Waals surface area contributed by atoms with Crippen LogP contribution >= 0.6 is 15.9 Å². The maximum Gasteiger partial charge on any atom is 0.152 e. The van der Waals surface area contributed by atoms with E-state index in [1.54, 1.807) is 0 Å². The quantitative estimate of drug-likeness (QED) is 0.602. The van der Waals surface area contributed by atoms with E-state index in [-0.39, 0.29) is 11.5 Å². The zero-order valence-corrected chi connectivity index (χ0v) is 15.5. The molecule has 0 bridgehead atoms. The van der Waals surface area contributed by atoms with Crippen LogP contribution in [0.3, 0.4) is 0 Å². The average molecular weight is 387 g/mol. The zero-order chi connectivity index (χ0) is 16.2. The minimum Gasteiger partial charge on any atom is -0.303 e. The van der Waals surface area contributed by atoms with E-state index in [1.807, 2.05) is 19.1 Å². The highest BCUT2D eigenvalue weighted by atomic mass is 79.9. The van der Waals surface area contributed by atoms with Crippen LogP contribution in [0.2, 0.25) is 0 Å². The summed E-state index contributed by atoms with van der Waals surface area (Å²) >= 11 is 3.43. The summed E-state index contributed by atoms with van der Waals surface area (Å²) in [4.78, 5) is 0. The minimum absolute atomic E-state index is 0.174. The molecule has 0 aliphatic carbocycles. The van der Waals surface area contributed by atoms with Gasteiger partial charge in [0.15, 0.2) is 9.84 Å². The Kier molecular flexibility index (Phi) is 5.66. The Morgan fingerprint density at radius 1 is 1.36 bits per heavy atom. The SMILES string of the molecule is CC/C(CCc1ccc(Br)cc1)=N\NC1(C)CCS(=O)(=O)C1. The fourth-order valence-corrected chi connectivity index (χ4v) is 4.91. The van der Waals surface area contributed by atoms with Crippen LogP contribution in [0.1, 0.15) is 38.7 Å². The van der Waals surface area contributed by atoms with Crippen LogP contribution in [-0.2, 0) is 16.3 Å². The van der Waals surface area contributed by atoms with Crippen molar-refractivity contribution in [1.82, 2.24) is 5.43 Å². The first-order valence-corrected chi connectivity index (χ1v) is 10.2. The first-order chi connectivity index (χ1) is 10.3.